The van der Waals surface area contributed by atoms with Crippen LogP contribution in [0.5, 0.6) is 0 Å². The molecule has 0 aliphatic carbocycles. The van der Waals surface area contributed by atoms with E-state index in [0.29, 0.717) is 25.0 Å². The lowest BCUT2D eigenvalue weighted by atomic mass is 10.2. The van der Waals surface area contributed by atoms with Crippen LogP contribution >= 0.6 is 0 Å². The second kappa shape index (κ2) is 47.5. The topological polar surface area (TPSA) is 72.5 Å². The minimum Gasteiger partial charge on any atom is -0.466 e. The lowest BCUT2D eigenvalue weighted by Gasteiger charge is -2.02. The molecule has 0 saturated heterocycles. The van der Waals surface area contributed by atoms with Gasteiger partial charge in [-0.05, 0) is 51.4 Å². The molecular formula is C29H66O7. The van der Waals surface area contributed by atoms with E-state index in [1.54, 1.807) is 35.5 Å². The average molecular weight is 527 g/mol. The molecule has 224 valence electrons. The lowest BCUT2D eigenvalue weighted by molar-refractivity contribution is -0.143. The first-order chi connectivity index (χ1) is 17.2. The summed E-state index contributed by atoms with van der Waals surface area (Å²) in [6.45, 7) is 18.7. The molecule has 0 fully saturated rings. The molecule has 0 aromatic rings. The zero-order valence-electron chi connectivity index (χ0n) is 26.4. The first kappa shape index (κ1) is 45.2. The summed E-state index contributed by atoms with van der Waals surface area (Å²) in [6, 6.07) is 0. The van der Waals surface area contributed by atoms with Gasteiger partial charge in [0.2, 0.25) is 0 Å². The van der Waals surface area contributed by atoms with Crippen LogP contribution in [0, 0.1) is 5.92 Å². The summed E-state index contributed by atoms with van der Waals surface area (Å²) < 4.78 is 29.0. The molecule has 0 heterocycles. The second-order valence-corrected chi connectivity index (χ2v) is 8.67. The third-order valence-electron chi connectivity index (χ3n) is 4.28. The normalized spacial score (nSPS) is 10.4. The van der Waals surface area contributed by atoms with Crippen molar-refractivity contribution < 1.29 is 33.2 Å². The predicted octanol–water partition coefficient (Wildman–Crippen LogP) is 7.34. The van der Waals surface area contributed by atoms with Gasteiger partial charge in [-0.15, -0.1) is 0 Å². The van der Waals surface area contributed by atoms with Crippen LogP contribution in [-0.2, 0) is 33.2 Å². The predicted molar refractivity (Wildman–Crippen MR) is 154 cm³/mol. The number of esters is 1. The molecule has 0 aliphatic heterocycles. The zero-order chi connectivity index (χ0) is 28.9. The van der Waals surface area contributed by atoms with Gasteiger partial charge in [0.1, 0.15) is 0 Å². The molecule has 0 amide bonds. The number of carbonyl (C=O) groups is 1. The minimum absolute atomic E-state index is 0.0701. The number of hydrogen-bond acceptors (Lipinski definition) is 7. The maximum absolute atomic E-state index is 11.0. The molecule has 0 radical (unpaired) electrons. The highest BCUT2D eigenvalue weighted by molar-refractivity contribution is 5.69. The summed E-state index contributed by atoms with van der Waals surface area (Å²) in [5, 5.41) is 0. The number of carbonyl (C=O) groups excluding carboxylic acids is 1. The van der Waals surface area contributed by atoms with Crippen LogP contribution in [0.3, 0.4) is 0 Å². The molecule has 0 N–H and O–H groups in total. The van der Waals surface area contributed by atoms with Crippen molar-refractivity contribution in [2.24, 2.45) is 5.92 Å². The summed E-state index contributed by atoms with van der Waals surface area (Å²) in [6.07, 6.45) is 9.50. The molecule has 0 rings (SSSR count). The molecule has 7 heteroatoms. The van der Waals surface area contributed by atoms with E-state index < -0.39 is 0 Å². The van der Waals surface area contributed by atoms with E-state index >= 15 is 0 Å². The lowest BCUT2D eigenvalue weighted by Crippen LogP contribution is -2.04. The minimum atomic E-state index is -0.0701. The quantitative estimate of drug-likeness (QED) is 0.145. The summed E-state index contributed by atoms with van der Waals surface area (Å²) >= 11 is 0. The summed E-state index contributed by atoms with van der Waals surface area (Å²) in [5.41, 5.74) is 0. The van der Waals surface area contributed by atoms with Crippen LogP contribution in [0.15, 0.2) is 0 Å². The van der Waals surface area contributed by atoms with Crippen molar-refractivity contribution in [2.75, 3.05) is 68.6 Å². The number of hydrogen-bond donors (Lipinski definition) is 0. The maximum Gasteiger partial charge on any atom is 0.305 e. The van der Waals surface area contributed by atoms with Crippen molar-refractivity contribution in [3.05, 3.63) is 0 Å². The summed E-state index contributed by atoms with van der Waals surface area (Å²) in [4.78, 5) is 11.0. The first-order valence-corrected chi connectivity index (χ1v) is 13.9. The van der Waals surface area contributed by atoms with Crippen molar-refractivity contribution in [1.82, 2.24) is 0 Å². The number of ether oxygens (including phenoxy) is 6. The second-order valence-electron chi connectivity index (χ2n) is 8.67. The highest BCUT2D eigenvalue weighted by Gasteiger charge is 2.00. The van der Waals surface area contributed by atoms with E-state index in [0.717, 1.165) is 65.0 Å². The van der Waals surface area contributed by atoms with Crippen LogP contribution in [-0.4, -0.2) is 80.7 Å². The largest absolute Gasteiger partial charge is 0.466 e. The molecule has 0 spiro atoms. The Morgan fingerprint density at radius 2 is 1.14 bits per heavy atom. The summed E-state index contributed by atoms with van der Waals surface area (Å²) in [7, 11) is 8.59. The molecule has 0 aromatic carbocycles. The first-order valence-electron chi connectivity index (χ1n) is 13.9. The smallest absolute Gasteiger partial charge is 0.305 e. The molecule has 0 aromatic heterocycles. The van der Waals surface area contributed by atoms with Gasteiger partial charge in [0, 0.05) is 68.4 Å². The SMILES string of the molecule is CCC(C)OC.CCCCOC.CCCOC.CCCOC(=O)CCCCCOC.COCC(C)C. The van der Waals surface area contributed by atoms with Gasteiger partial charge in [-0.3, -0.25) is 4.79 Å². The molecule has 1 unspecified atom stereocenters. The number of rotatable bonds is 17. The highest BCUT2D eigenvalue weighted by atomic mass is 16.5. The third kappa shape index (κ3) is 69.9. The van der Waals surface area contributed by atoms with Crippen LogP contribution in [0.1, 0.15) is 106 Å². The molecule has 7 nitrogen and oxygen atoms in total. The maximum atomic E-state index is 11.0. The van der Waals surface area contributed by atoms with Crippen molar-refractivity contribution in [3.63, 3.8) is 0 Å². The van der Waals surface area contributed by atoms with Gasteiger partial charge in [0.25, 0.3) is 0 Å². The van der Waals surface area contributed by atoms with Gasteiger partial charge in [-0.25, -0.2) is 0 Å². The third-order valence-corrected chi connectivity index (χ3v) is 4.28. The zero-order valence-corrected chi connectivity index (χ0v) is 26.4. The van der Waals surface area contributed by atoms with E-state index in [4.69, 9.17) is 28.4 Å². The van der Waals surface area contributed by atoms with Gasteiger partial charge in [-0.2, -0.15) is 0 Å². The van der Waals surface area contributed by atoms with Gasteiger partial charge in [0.15, 0.2) is 0 Å². The standard InChI is InChI=1S/C10H20O3.3C5H12O.C4H10O/c1-3-8-13-10(11)7-5-4-6-9-12-2;1-5(2)4-6-3;1-4-5(2)6-3;1-3-4-5-6-2;1-3-4-5-2/h3-9H2,1-2H3;2*5H,4H2,1-3H3;3-5H2,1-2H3;3-4H2,1-2H3. The number of methoxy groups -OCH3 is 5. The summed E-state index contributed by atoms with van der Waals surface area (Å²) in [5.74, 6) is 0.606. The fourth-order valence-electron chi connectivity index (χ4n) is 1.97. The Morgan fingerprint density at radius 3 is 1.39 bits per heavy atom. The van der Waals surface area contributed by atoms with Crippen LogP contribution < -0.4 is 0 Å². The van der Waals surface area contributed by atoms with Gasteiger partial charge >= 0.3 is 5.97 Å². The Kier molecular flexibility index (Phi) is 59.6. The van der Waals surface area contributed by atoms with Gasteiger partial charge in [0.05, 0.1) is 12.7 Å². The molecule has 0 bridgehead atoms. The fraction of sp³-hybridized carbons (Fsp3) is 0.966. The van der Waals surface area contributed by atoms with Crippen molar-refractivity contribution in [3.8, 4) is 0 Å². The Labute approximate surface area is 226 Å². The van der Waals surface area contributed by atoms with Crippen LogP contribution in [0.2, 0.25) is 0 Å². The van der Waals surface area contributed by atoms with E-state index in [9.17, 15) is 4.79 Å². The van der Waals surface area contributed by atoms with Crippen molar-refractivity contribution in [1.29, 1.82) is 0 Å². The van der Waals surface area contributed by atoms with E-state index in [1.165, 1.54) is 12.8 Å². The molecular weight excluding hydrogens is 460 g/mol. The Balaban J connectivity index is -0.000000119. The van der Waals surface area contributed by atoms with Crippen molar-refractivity contribution >= 4 is 5.97 Å². The van der Waals surface area contributed by atoms with Gasteiger partial charge < -0.3 is 28.4 Å². The molecule has 0 aliphatic rings. The fourth-order valence-corrected chi connectivity index (χ4v) is 1.97. The van der Waals surface area contributed by atoms with Crippen molar-refractivity contribution in [2.45, 2.75) is 112 Å². The van der Waals surface area contributed by atoms with Crippen LogP contribution in [0.25, 0.3) is 0 Å². The van der Waals surface area contributed by atoms with Gasteiger partial charge in [-0.1, -0.05) is 54.4 Å². The molecule has 1 atom stereocenters. The Hall–Kier alpha value is -0.730. The number of unbranched alkanes of at least 4 members (excludes halogenated alkanes) is 3. The molecule has 0 saturated carbocycles. The van der Waals surface area contributed by atoms with E-state index in [2.05, 4.69) is 41.5 Å². The average Bonchev–Trinajstić information content (AvgIpc) is 2.87. The Morgan fingerprint density at radius 1 is 0.611 bits per heavy atom. The van der Waals surface area contributed by atoms with Crippen LogP contribution in [0.4, 0.5) is 0 Å². The van der Waals surface area contributed by atoms with E-state index in [1.807, 2.05) is 6.92 Å². The molecule has 36 heavy (non-hydrogen) atoms. The Bertz CT molecular complexity index is 330. The highest BCUT2D eigenvalue weighted by Crippen LogP contribution is 2.01. The van der Waals surface area contributed by atoms with E-state index in [-0.39, 0.29) is 5.97 Å². The monoisotopic (exact) mass is 526 g/mol.